The largest absolute Gasteiger partial charge is 0.383 e. The lowest BCUT2D eigenvalue weighted by atomic mass is 10.2. The van der Waals surface area contributed by atoms with Crippen LogP contribution >= 0.6 is 15.9 Å². The van der Waals surface area contributed by atoms with Crippen LogP contribution in [0.3, 0.4) is 0 Å². The molecule has 29 heavy (non-hydrogen) atoms. The molecule has 0 amide bonds. The summed E-state index contributed by atoms with van der Waals surface area (Å²) >= 11 is 3.50. The molecule has 1 aromatic carbocycles. The van der Waals surface area contributed by atoms with Crippen LogP contribution in [0.15, 0.2) is 41.1 Å². The van der Waals surface area contributed by atoms with E-state index in [0.717, 1.165) is 11.0 Å². The molecule has 0 bridgehead atoms. The summed E-state index contributed by atoms with van der Waals surface area (Å²) in [4.78, 5) is 15.8. The molecule has 3 aromatic heterocycles. The molecule has 0 saturated carbocycles. The van der Waals surface area contributed by atoms with Gasteiger partial charge in [0, 0.05) is 13.1 Å². The van der Waals surface area contributed by atoms with Crippen molar-refractivity contribution in [3.05, 3.63) is 41.1 Å². The minimum Gasteiger partial charge on any atom is -0.383 e. The standard InChI is InChI=1S/C18H16BrN7O2S/c19-15-16(20)26-17(24-18(15)25-5-7-29(27,28)8-6-25)11(9-22-26)14-10-21-12-3-1-2-4-13(12)23-14/h1-4,9-10H,5-8,20H2. The number of benzene rings is 1. The van der Waals surface area contributed by atoms with E-state index in [2.05, 4.69) is 31.0 Å². The molecule has 11 heteroatoms. The number of hydrogen-bond donors (Lipinski definition) is 1. The van der Waals surface area contributed by atoms with E-state index in [1.165, 1.54) is 0 Å². The second-order valence-electron chi connectivity index (χ2n) is 6.81. The Hall–Kier alpha value is -2.79. The highest BCUT2D eigenvalue weighted by Gasteiger charge is 2.26. The van der Waals surface area contributed by atoms with Crippen molar-refractivity contribution in [2.24, 2.45) is 0 Å². The molecule has 4 heterocycles. The van der Waals surface area contributed by atoms with Gasteiger partial charge in [0.25, 0.3) is 0 Å². The second-order valence-corrected chi connectivity index (χ2v) is 9.91. The number of nitrogen functional groups attached to an aromatic ring is 1. The van der Waals surface area contributed by atoms with Crippen LogP contribution in [0, 0.1) is 0 Å². The monoisotopic (exact) mass is 473 g/mol. The summed E-state index contributed by atoms with van der Waals surface area (Å²) in [5, 5.41) is 4.36. The van der Waals surface area contributed by atoms with Gasteiger partial charge in [0.1, 0.15) is 16.1 Å². The van der Waals surface area contributed by atoms with Crippen molar-refractivity contribution in [2.75, 3.05) is 35.2 Å². The average molecular weight is 474 g/mol. The minimum absolute atomic E-state index is 0.0917. The maximum atomic E-state index is 11.8. The smallest absolute Gasteiger partial charge is 0.169 e. The van der Waals surface area contributed by atoms with Crippen molar-refractivity contribution in [3.8, 4) is 11.3 Å². The van der Waals surface area contributed by atoms with Crippen molar-refractivity contribution < 1.29 is 8.42 Å². The van der Waals surface area contributed by atoms with E-state index in [4.69, 9.17) is 10.7 Å². The molecule has 1 fully saturated rings. The van der Waals surface area contributed by atoms with Crippen LogP contribution in [0.4, 0.5) is 11.6 Å². The Morgan fingerprint density at radius 1 is 1.03 bits per heavy atom. The van der Waals surface area contributed by atoms with E-state index in [9.17, 15) is 8.42 Å². The van der Waals surface area contributed by atoms with E-state index in [0.29, 0.717) is 46.1 Å². The molecule has 0 aliphatic carbocycles. The first-order valence-electron chi connectivity index (χ1n) is 8.93. The van der Waals surface area contributed by atoms with Gasteiger partial charge in [-0.25, -0.2) is 18.4 Å². The van der Waals surface area contributed by atoms with Crippen LogP contribution in [0.2, 0.25) is 0 Å². The number of rotatable bonds is 2. The molecule has 5 rings (SSSR count). The number of fused-ring (bicyclic) bond motifs is 2. The number of nitrogens with two attached hydrogens (primary N) is 1. The molecule has 0 unspecified atom stereocenters. The van der Waals surface area contributed by atoms with Crippen molar-refractivity contribution >= 4 is 54.1 Å². The van der Waals surface area contributed by atoms with Gasteiger partial charge in [-0.15, -0.1) is 0 Å². The molecular formula is C18H16BrN7O2S. The van der Waals surface area contributed by atoms with Gasteiger partial charge < -0.3 is 10.6 Å². The fourth-order valence-electron chi connectivity index (χ4n) is 3.38. The van der Waals surface area contributed by atoms with Gasteiger partial charge in [-0.05, 0) is 28.1 Å². The Balaban J connectivity index is 1.65. The molecule has 0 atom stereocenters. The highest BCUT2D eigenvalue weighted by atomic mass is 79.9. The first-order valence-corrected chi connectivity index (χ1v) is 11.5. The molecule has 1 saturated heterocycles. The lowest BCUT2D eigenvalue weighted by Gasteiger charge is -2.28. The van der Waals surface area contributed by atoms with Crippen LogP contribution in [-0.2, 0) is 9.84 Å². The first kappa shape index (κ1) is 18.3. The summed E-state index contributed by atoms with van der Waals surface area (Å²) in [5.41, 5.74) is 9.75. The van der Waals surface area contributed by atoms with Crippen LogP contribution in [-0.4, -0.2) is 57.6 Å². The Bertz CT molecular complexity index is 1360. The predicted octanol–water partition coefficient (Wildman–Crippen LogP) is 1.92. The van der Waals surface area contributed by atoms with Gasteiger partial charge in [0.2, 0.25) is 0 Å². The quantitative estimate of drug-likeness (QED) is 0.468. The number of hydrogen-bond acceptors (Lipinski definition) is 8. The molecule has 4 aromatic rings. The zero-order valence-corrected chi connectivity index (χ0v) is 17.6. The summed E-state index contributed by atoms with van der Waals surface area (Å²) in [6.07, 6.45) is 3.35. The van der Waals surface area contributed by atoms with E-state index in [1.54, 1.807) is 16.9 Å². The molecule has 2 N–H and O–H groups in total. The number of aromatic nitrogens is 5. The van der Waals surface area contributed by atoms with Crippen molar-refractivity contribution in [1.82, 2.24) is 24.6 Å². The molecule has 0 spiro atoms. The zero-order chi connectivity index (χ0) is 20.2. The minimum atomic E-state index is -3.00. The number of halogens is 1. The van der Waals surface area contributed by atoms with E-state index in [-0.39, 0.29) is 11.5 Å². The van der Waals surface area contributed by atoms with Gasteiger partial charge in [-0.3, -0.25) is 4.98 Å². The first-order chi connectivity index (χ1) is 13.9. The maximum Gasteiger partial charge on any atom is 0.169 e. The Labute approximate surface area is 174 Å². The number of sulfone groups is 1. The maximum absolute atomic E-state index is 11.8. The Morgan fingerprint density at radius 2 is 1.76 bits per heavy atom. The fourth-order valence-corrected chi connectivity index (χ4v) is 5.09. The van der Waals surface area contributed by atoms with Gasteiger partial charge >= 0.3 is 0 Å². The lowest BCUT2D eigenvalue weighted by Crippen LogP contribution is -2.41. The third-order valence-electron chi connectivity index (χ3n) is 4.97. The summed E-state index contributed by atoms with van der Waals surface area (Å²) < 4.78 is 25.7. The van der Waals surface area contributed by atoms with Crippen LogP contribution < -0.4 is 10.6 Å². The van der Waals surface area contributed by atoms with E-state index in [1.807, 2.05) is 29.2 Å². The normalized spacial score (nSPS) is 16.5. The van der Waals surface area contributed by atoms with Crippen LogP contribution in [0.25, 0.3) is 27.9 Å². The zero-order valence-electron chi connectivity index (χ0n) is 15.2. The molecule has 148 valence electrons. The van der Waals surface area contributed by atoms with Gasteiger partial charge in [-0.1, -0.05) is 12.1 Å². The van der Waals surface area contributed by atoms with Crippen molar-refractivity contribution in [3.63, 3.8) is 0 Å². The third kappa shape index (κ3) is 3.10. The van der Waals surface area contributed by atoms with E-state index >= 15 is 0 Å². The van der Waals surface area contributed by atoms with Gasteiger partial charge in [0.05, 0.1) is 46.2 Å². The molecule has 9 nitrogen and oxygen atoms in total. The summed E-state index contributed by atoms with van der Waals surface area (Å²) in [5.74, 6) is 1.17. The Morgan fingerprint density at radius 3 is 2.52 bits per heavy atom. The number of anilines is 2. The second kappa shape index (κ2) is 6.63. The fraction of sp³-hybridized carbons (Fsp3) is 0.222. The predicted molar refractivity (Wildman–Crippen MR) is 114 cm³/mol. The van der Waals surface area contributed by atoms with Crippen LogP contribution in [0.5, 0.6) is 0 Å². The average Bonchev–Trinajstić information content (AvgIpc) is 3.14. The summed E-state index contributed by atoms with van der Waals surface area (Å²) in [7, 11) is -3.00. The van der Waals surface area contributed by atoms with Crippen molar-refractivity contribution in [1.29, 1.82) is 0 Å². The SMILES string of the molecule is Nc1c(Br)c(N2CCS(=O)(=O)CC2)nc2c(-c3cnc4ccccc4n3)cnn12. The van der Waals surface area contributed by atoms with E-state index < -0.39 is 9.84 Å². The highest BCUT2D eigenvalue weighted by Crippen LogP contribution is 2.34. The lowest BCUT2D eigenvalue weighted by molar-refractivity contribution is 0.586. The van der Waals surface area contributed by atoms with Crippen molar-refractivity contribution in [2.45, 2.75) is 0 Å². The number of para-hydroxylation sites is 2. The molecule has 1 aliphatic heterocycles. The van der Waals surface area contributed by atoms with Gasteiger partial charge in [-0.2, -0.15) is 9.61 Å². The molecule has 1 aliphatic rings. The third-order valence-corrected chi connectivity index (χ3v) is 7.34. The molecular weight excluding hydrogens is 458 g/mol. The number of nitrogens with zero attached hydrogens (tertiary/aromatic N) is 6. The summed E-state index contributed by atoms with van der Waals surface area (Å²) in [6, 6.07) is 7.62. The Kier molecular flexibility index (Phi) is 4.17. The highest BCUT2D eigenvalue weighted by molar-refractivity contribution is 9.10. The van der Waals surface area contributed by atoms with Crippen LogP contribution in [0.1, 0.15) is 0 Å². The van der Waals surface area contributed by atoms with Gasteiger partial charge in [0.15, 0.2) is 15.5 Å². The summed E-state index contributed by atoms with van der Waals surface area (Å²) in [6.45, 7) is 0.728. The topological polar surface area (TPSA) is 119 Å². The molecule has 0 radical (unpaired) electrons.